The number of hydrogen-bond donors (Lipinski definition) is 0. The zero-order chi connectivity index (χ0) is 14.0. The van der Waals surface area contributed by atoms with Crippen molar-refractivity contribution in [1.82, 2.24) is 0 Å². The molecule has 0 heterocycles. The molecule has 0 atom stereocenters. The zero-order valence-corrected chi connectivity index (χ0v) is 14.8. The van der Waals surface area contributed by atoms with Crippen LogP contribution in [0.15, 0.2) is 40.9 Å². The summed E-state index contributed by atoms with van der Waals surface area (Å²) >= 11 is 17.6. The van der Waals surface area contributed by atoms with E-state index in [9.17, 15) is 4.79 Å². The van der Waals surface area contributed by atoms with Crippen LogP contribution in [0.5, 0.6) is 0 Å². The van der Waals surface area contributed by atoms with Crippen molar-refractivity contribution in [1.29, 1.82) is 0 Å². The molecule has 98 valence electrons. The number of halogens is 4. The van der Waals surface area contributed by atoms with Gasteiger partial charge in [-0.05, 0) is 52.4 Å². The number of ketones is 1. The third kappa shape index (κ3) is 3.72. The molecule has 0 radical (unpaired) electrons. The number of carbonyl (C=O) groups is 1. The van der Waals surface area contributed by atoms with Gasteiger partial charge in [-0.15, -0.1) is 0 Å². The number of Topliss-reactive ketones (excluding diaryl/α,β-unsaturated/α-hetero) is 1. The molecule has 0 spiro atoms. The predicted molar refractivity (Wildman–Crippen MR) is 91.4 cm³/mol. The molecule has 0 saturated carbocycles. The fourth-order valence-corrected chi connectivity index (χ4v) is 3.05. The maximum atomic E-state index is 12.3. The van der Waals surface area contributed by atoms with Gasteiger partial charge in [0.15, 0.2) is 5.78 Å². The van der Waals surface area contributed by atoms with Crippen LogP contribution in [-0.2, 0) is 6.42 Å². The van der Waals surface area contributed by atoms with E-state index in [1.54, 1.807) is 12.1 Å². The molecule has 0 aromatic heterocycles. The lowest BCUT2D eigenvalue weighted by molar-refractivity contribution is 0.0992. The van der Waals surface area contributed by atoms with Gasteiger partial charge >= 0.3 is 0 Å². The van der Waals surface area contributed by atoms with Crippen LogP contribution in [0.3, 0.4) is 0 Å². The summed E-state index contributed by atoms with van der Waals surface area (Å²) in [5.41, 5.74) is 1.43. The zero-order valence-electron chi connectivity index (χ0n) is 9.59. The SMILES string of the molecule is O=C(Cc1cccc(Cl)c1Cl)c1cc(Br)ccc1I. The fraction of sp³-hybridized carbons (Fsp3) is 0.0714. The molecule has 0 unspecified atom stereocenters. The van der Waals surface area contributed by atoms with Gasteiger partial charge in [-0.25, -0.2) is 0 Å². The quantitative estimate of drug-likeness (QED) is 0.411. The van der Waals surface area contributed by atoms with E-state index in [1.165, 1.54) is 0 Å². The highest BCUT2D eigenvalue weighted by atomic mass is 127. The van der Waals surface area contributed by atoms with E-state index in [0.717, 1.165) is 13.6 Å². The summed E-state index contributed by atoms with van der Waals surface area (Å²) in [7, 11) is 0. The van der Waals surface area contributed by atoms with Gasteiger partial charge in [0, 0.05) is 20.0 Å². The van der Waals surface area contributed by atoms with Gasteiger partial charge in [-0.3, -0.25) is 4.79 Å². The fourth-order valence-electron chi connectivity index (χ4n) is 1.66. The maximum absolute atomic E-state index is 12.3. The van der Waals surface area contributed by atoms with Gasteiger partial charge in [0.25, 0.3) is 0 Å². The van der Waals surface area contributed by atoms with Crippen LogP contribution in [0.1, 0.15) is 15.9 Å². The lowest BCUT2D eigenvalue weighted by Gasteiger charge is -2.07. The molecule has 2 rings (SSSR count). The van der Waals surface area contributed by atoms with Gasteiger partial charge in [-0.2, -0.15) is 0 Å². The second-order valence-electron chi connectivity index (χ2n) is 3.94. The molecular weight excluding hydrogens is 462 g/mol. The van der Waals surface area contributed by atoms with Crippen molar-refractivity contribution in [2.24, 2.45) is 0 Å². The van der Waals surface area contributed by atoms with Gasteiger partial charge in [0.05, 0.1) is 10.0 Å². The smallest absolute Gasteiger partial charge is 0.168 e. The summed E-state index contributed by atoms with van der Waals surface area (Å²) in [6.07, 6.45) is 0.242. The molecule has 0 aliphatic rings. The minimum atomic E-state index is 0.0230. The monoisotopic (exact) mass is 468 g/mol. The Bertz CT molecular complexity index is 643. The van der Waals surface area contributed by atoms with Crippen molar-refractivity contribution in [3.63, 3.8) is 0 Å². The molecule has 0 aliphatic heterocycles. The second-order valence-corrected chi connectivity index (χ2v) is 6.80. The van der Waals surface area contributed by atoms with Crippen molar-refractivity contribution in [3.05, 3.63) is 65.6 Å². The van der Waals surface area contributed by atoms with E-state index in [4.69, 9.17) is 23.2 Å². The first kappa shape index (κ1) is 15.3. The molecule has 2 aromatic carbocycles. The first-order valence-electron chi connectivity index (χ1n) is 5.40. The highest BCUT2D eigenvalue weighted by molar-refractivity contribution is 14.1. The molecular formula is C14H8BrCl2IO. The minimum Gasteiger partial charge on any atom is -0.294 e. The van der Waals surface area contributed by atoms with E-state index >= 15 is 0 Å². The second kappa shape index (κ2) is 6.57. The van der Waals surface area contributed by atoms with Crippen LogP contribution in [0.4, 0.5) is 0 Å². The van der Waals surface area contributed by atoms with Crippen molar-refractivity contribution in [2.75, 3.05) is 0 Å². The number of carbonyl (C=O) groups excluding carboxylic acids is 1. The molecule has 19 heavy (non-hydrogen) atoms. The predicted octanol–water partition coefficient (Wildman–Crippen LogP) is 5.79. The highest BCUT2D eigenvalue weighted by Crippen LogP contribution is 2.27. The summed E-state index contributed by atoms with van der Waals surface area (Å²) in [4.78, 5) is 12.3. The summed E-state index contributed by atoms with van der Waals surface area (Å²) in [5.74, 6) is 0.0230. The highest BCUT2D eigenvalue weighted by Gasteiger charge is 2.14. The van der Waals surface area contributed by atoms with Crippen LogP contribution >= 0.6 is 61.7 Å². The lowest BCUT2D eigenvalue weighted by Crippen LogP contribution is -2.06. The Kier molecular flexibility index (Phi) is 5.29. The molecule has 0 N–H and O–H groups in total. The van der Waals surface area contributed by atoms with Gasteiger partial charge in [0.2, 0.25) is 0 Å². The number of hydrogen-bond acceptors (Lipinski definition) is 1. The third-order valence-corrected chi connectivity index (χ3v) is 4.90. The van der Waals surface area contributed by atoms with Crippen LogP contribution in [-0.4, -0.2) is 5.78 Å². The van der Waals surface area contributed by atoms with Crippen molar-refractivity contribution < 1.29 is 4.79 Å². The van der Waals surface area contributed by atoms with Crippen LogP contribution in [0, 0.1) is 3.57 Å². The Balaban J connectivity index is 2.31. The Hall–Kier alpha value is -0.100. The molecule has 0 amide bonds. The van der Waals surface area contributed by atoms with Gasteiger partial charge in [0.1, 0.15) is 0 Å². The molecule has 0 fully saturated rings. The first-order valence-corrected chi connectivity index (χ1v) is 8.03. The van der Waals surface area contributed by atoms with Gasteiger partial charge < -0.3 is 0 Å². The lowest BCUT2D eigenvalue weighted by atomic mass is 10.0. The molecule has 2 aromatic rings. The van der Waals surface area contributed by atoms with Crippen LogP contribution < -0.4 is 0 Å². The molecule has 5 heteroatoms. The summed E-state index contributed by atoms with van der Waals surface area (Å²) in [6, 6.07) is 10.9. The Morgan fingerprint density at radius 1 is 1.21 bits per heavy atom. The van der Waals surface area contributed by atoms with Gasteiger partial charge in [-0.1, -0.05) is 51.3 Å². The molecule has 0 saturated heterocycles. The van der Waals surface area contributed by atoms with Crippen molar-refractivity contribution >= 4 is 67.5 Å². The third-order valence-electron chi connectivity index (χ3n) is 2.61. The Morgan fingerprint density at radius 2 is 1.95 bits per heavy atom. The van der Waals surface area contributed by atoms with E-state index in [0.29, 0.717) is 15.6 Å². The largest absolute Gasteiger partial charge is 0.294 e. The Morgan fingerprint density at radius 3 is 2.68 bits per heavy atom. The van der Waals surface area contributed by atoms with E-state index < -0.39 is 0 Å². The molecule has 0 bridgehead atoms. The minimum absolute atomic E-state index is 0.0230. The average molecular weight is 470 g/mol. The summed E-state index contributed by atoms with van der Waals surface area (Å²) in [6.45, 7) is 0. The average Bonchev–Trinajstić information content (AvgIpc) is 2.38. The maximum Gasteiger partial charge on any atom is 0.168 e. The van der Waals surface area contributed by atoms with E-state index in [-0.39, 0.29) is 12.2 Å². The van der Waals surface area contributed by atoms with Crippen molar-refractivity contribution in [2.45, 2.75) is 6.42 Å². The topological polar surface area (TPSA) is 17.1 Å². The molecule has 0 aliphatic carbocycles. The van der Waals surface area contributed by atoms with Crippen LogP contribution in [0.2, 0.25) is 10.0 Å². The van der Waals surface area contributed by atoms with E-state index in [2.05, 4.69) is 38.5 Å². The summed E-state index contributed by atoms with van der Waals surface area (Å²) < 4.78 is 1.80. The van der Waals surface area contributed by atoms with E-state index in [1.807, 2.05) is 24.3 Å². The normalized spacial score (nSPS) is 10.5. The van der Waals surface area contributed by atoms with Crippen LogP contribution in [0.25, 0.3) is 0 Å². The van der Waals surface area contributed by atoms with Crippen molar-refractivity contribution in [3.8, 4) is 0 Å². The number of benzene rings is 2. The Labute approximate surface area is 143 Å². The first-order chi connectivity index (χ1) is 8.99. The molecule has 1 nitrogen and oxygen atoms in total. The standard InChI is InChI=1S/C14H8BrCl2IO/c15-9-4-5-12(18)10(7-9)13(19)6-8-2-1-3-11(16)14(8)17/h1-5,7H,6H2. The number of rotatable bonds is 3. The summed E-state index contributed by atoms with van der Waals surface area (Å²) in [5, 5.41) is 0.915.